The SMILES string of the molecule is C[C@H]1CN(S(=O)(=O)c2ccc(C(F)(F)F)cc2)CCN1C(=O)c1cncc(Br)c1. The largest absolute Gasteiger partial charge is 0.416 e. The highest BCUT2D eigenvalue weighted by molar-refractivity contribution is 9.10. The molecule has 0 unspecified atom stereocenters. The number of amides is 1. The van der Waals surface area contributed by atoms with E-state index in [1.807, 2.05) is 0 Å². The smallest absolute Gasteiger partial charge is 0.333 e. The van der Waals surface area contributed by atoms with Gasteiger partial charge in [0.2, 0.25) is 10.0 Å². The third-order valence-corrected chi connectivity index (χ3v) is 6.94. The van der Waals surface area contributed by atoms with Crippen LogP contribution in [0.25, 0.3) is 0 Å². The zero-order valence-corrected chi connectivity index (χ0v) is 17.6. The number of pyridine rings is 1. The maximum Gasteiger partial charge on any atom is 0.416 e. The first-order valence-electron chi connectivity index (χ1n) is 8.59. The van der Waals surface area contributed by atoms with E-state index < -0.39 is 27.8 Å². The Bertz CT molecular complexity index is 1010. The molecule has 1 amide bonds. The Balaban J connectivity index is 1.75. The van der Waals surface area contributed by atoms with E-state index in [0.29, 0.717) is 10.0 Å². The number of alkyl halides is 3. The summed E-state index contributed by atoms with van der Waals surface area (Å²) in [5, 5.41) is 0. The number of benzene rings is 1. The van der Waals surface area contributed by atoms with Gasteiger partial charge in [-0.25, -0.2) is 8.42 Å². The average molecular weight is 492 g/mol. The summed E-state index contributed by atoms with van der Waals surface area (Å²) in [5.41, 5.74) is -0.534. The van der Waals surface area contributed by atoms with E-state index in [2.05, 4.69) is 20.9 Å². The van der Waals surface area contributed by atoms with Crippen LogP contribution in [0.1, 0.15) is 22.8 Å². The number of hydrogen-bond donors (Lipinski definition) is 0. The molecule has 0 aliphatic carbocycles. The summed E-state index contributed by atoms with van der Waals surface area (Å²) in [6.07, 6.45) is -1.55. The first-order valence-corrected chi connectivity index (χ1v) is 10.8. The van der Waals surface area contributed by atoms with Gasteiger partial charge in [0.05, 0.1) is 16.0 Å². The lowest BCUT2D eigenvalue weighted by molar-refractivity contribution is -0.137. The van der Waals surface area contributed by atoms with E-state index >= 15 is 0 Å². The average Bonchev–Trinajstić information content (AvgIpc) is 2.67. The minimum Gasteiger partial charge on any atom is -0.333 e. The van der Waals surface area contributed by atoms with Crippen LogP contribution in [0.5, 0.6) is 0 Å². The second-order valence-corrected chi connectivity index (χ2v) is 9.48. The van der Waals surface area contributed by atoms with E-state index in [0.717, 1.165) is 24.3 Å². The van der Waals surface area contributed by atoms with Gasteiger partial charge in [0.1, 0.15) is 0 Å². The van der Waals surface area contributed by atoms with E-state index in [-0.39, 0.29) is 30.4 Å². The van der Waals surface area contributed by atoms with Crippen LogP contribution in [0.3, 0.4) is 0 Å². The van der Waals surface area contributed by atoms with E-state index in [4.69, 9.17) is 0 Å². The molecule has 3 rings (SSSR count). The van der Waals surface area contributed by atoms with Crippen LogP contribution in [0, 0.1) is 0 Å². The van der Waals surface area contributed by atoms with Crippen molar-refractivity contribution in [2.24, 2.45) is 0 Å². The Kier molecular flexibility index (Phi) is 6.02. The van der Waals surface area contributed by atoms with Crippen molar-refractivity contribution in [3.63, 3.8) is 0 Å². The number of rotatable bonds is 3. The molecule has 0 saturated carbocycles. The van der Waals surface area contributed by atoms with E-state index in [1.54, 1.807) is 24.1 Å². The second-order valence-electron chi connectivity index (χ2n) is 6.62. The summed E-state index contributed by atoms with van der Waals surface area (Å²) in [4.78, 5) is 18.0. The van der Waals surface area contributed by atoms with Crippen LogP contribution in [0.2, 0.25) is 0 Å². The zero-order valence-electron chi connectivity index (χ0n) is 15.2. The fourth-order valence-electron chi connectivity index (χ4n) is 3.10. The zero-order chi connectivity index (χ0) is 21.4. The van der Waals surface area contributed by atoms with Crippen LogP contribution < -0.4 is 0 Å². The lowest BCUT2D eigenvalue weighted by Crippen LogP contribution is -2.55. The third-order valence-electron chi connectivity index (χ3n) is 4.62. The topological polar surface area (TPSA) is 70.6 Å². The molecule has 156 valence electrons. The van der Waals surface area contributed by atoms with Crippen molar-refractivity contribution in [3.8, 4) is 0 Å². The summed E-state index contributed by atoms with van der Waals surface area (Å²) in [5.74, 6) is -0.266. The van der Waals surface area contributed by atoms with Crippen LogP contribution >= 0.6 is 15.9 Å². The van der Waals surface area contributed by atoms with Gasteiger partial charge in [0, 0.05) is 42.5 Å². The summed E-state index contributed by atoms with van der Waals surface area (Å²) in [6.45, 7) is 1.96. The summed E-state index contributed by atoms with van der Waals surface area (Å²) < 4.78 is 65.6. The highest BCUT2D eigenvalue weighted by atomic mass is 79.9. The monoisotopic (exact) mass is 491 g/mol. The Morgan fingerprint density at radius 3 is 2.38 bits per heavy atom. The lowest BCUT2D eigenvalue weighted by atomic mass is 10.1. The predicted molar refractivity (Wildman–Crippen MR) is 103 cm³/mol. The number of halogens is 4. The predicted octanol–water partition coefficient (Wildman–Crippen LogP) is 3.40. The Morgan fingerprint density at radius 1 is 1.17 bits per heavy atom. The second kappa shape index (κ2) is 8.04. The van der Waals surface area contributed by atoms with Gasteiger partial charge in [-0.1, -0.05) is 0 Å². The van der Waals surface area contributed by atoms with Crippen molar-refractivity contribution in [2.75, 3.05) is 19.6 Å². The molecule has 1 aromatic heterocycles. The molecule has 1 fully saturated rings. The van der Waals surface area contributed by atoms with Gasteiger partial charge >= 0.3 is 6.18 Å². The molecule has 0 spiro atoms. The molecule has 1 atom stereocenters. The van der Waals surface area contributed by atoms with Gasteiger partial charge in [-0.05, 0) is 53.2 Å². The molecular formula is C18H17BrF3N3O3S. The van der Waals surface area contributed by atoms with Crippen LogP contribution in [-0.2, 0) is 16.2 Å². The Hall–Kier alpha value is -1.98. The van der Waals surface area contributed by atoms with Crippen LogP contribution in [0.15, 0.2) is 52.1 Å². The van der Waals surface area contributed by atoms with E-state index in [9.17, 15) is 26.4 Å². The van der Waals surface area contributed by atoms with Crippen molar-refractivity contribution in [1.82, 2.24) is 14.2 Å². The molecule has 6 nitrogen and oxygen atoms in total. The number of hydrogen-bond acceptors (Lipinski definition) is 4. The maximum absolute atomic E-state index is 12.8. The molecule has 2 heterocycles. The van der Waals surface area contributed by atoms with Crippen molar-refractivity contribution in [3.05, 3.63) is 58.3 Å². The summed E-state index contributed by atoms with van der Waals surface area (Å²) in [7, 11) is -3.97. The Labute approximate surface area is 174 Å². The van der Waals surface area contributed by atoms with Gasteiger partial charge < -0.3 is 4.90 Å². The summed E-state index contributed by atoms with van der Waals surface area (Å²) in [6, 6.07) is 4.61. The lowest BCUT2D eigenvalue weighted by Gasteiger charge is -2.39. The quantitative estimate of drug-likeness (QED) is 0.659. The summed E-state index contributed by atoms with van der Waals surface area (Å²) >= 11 is 3.26. The van der Waals surface area contributed by atoms with Gasteiger partial charge in [0.15, 0.2) is 0 Å². The first-order chi connectivity index (χ1) is 13.5. The fourth-order valence-corrected chi connectivity index (χ4v) is 4.98. The molecule has 11 heteroatoms. The van der Waals surface area contributed by atoms with Gasteiger partial charge in [0.25, 0.3) is 5.91 Å². The van der Waals surface area contributed by atoms with Crippen LogP contribution in [-0.4, -0.2) is 54.2 Å². The minimum atomic E-state index is -4.54. The van der Waals surface area contributed by atoms with E-state index in [1.165, 1.54) is 10.5 Å². The van der Waals surface area contributed by atoms with Crippen molar-refractivity contribution >= 4 is 31.9 Å². The van der Waals surface area contributed by atoms with Gasteiger partial charge in [-0.3, -0.25) is 9.78 Å². The van der Waals surface area contributed by atoms with Crippen molar-refractivity contribution < 1.29 is 26.4 Å². The molecule has 1 aliphatic rings. The van der Waals surface area contributed by atoms with Gasteiger partial charge in [-0.15, -0.1) is 0 Å². The molecular weight excluding hydrogens is 475 g/mol. The van der Waals surface area contributed by atoms with Gasteiger partial charge in [-0.2, -0.15) is 17.5 Å². The third kappa shape index (κ3) is 4.62. The molecule has 0 bridgehead atoms. The molecule has 0 radical (unpaired) electrons. The molecule has 0 N–H and O–H groups in total. The molecule has 1 aromatic carbocycles. The molecule has 2 aromatic rings. The van der Waals surface area contributed by atoms with Crippen LogP contribution in [0.4, 0.5) is 13.2 Å². The van der Waals surface area contributed by atoms with Crippen molar-refractivity contribution in [2.45, 2.75) is 24.0 Å². The number of carbonyl (C=O) groups is 1. The highest BCUT2D eigenvalue weighted by Crippen LogP contribution is 2.30. The molecule has 1 saturated heterocycles. The number of sulfonamides is 1. The number of aromatic nitrogens is 1. The first kappa shape index (κ1) is 21.7. The molecule has 1 aliphatic heterocycles. The molecule has 29 heavy (non-hydrogen) atoms. The fraction of sp³-hybridized carbons (Fsp3) is 0.333. The Morgan fingerprint density at radius 2 is 1.83 bits per heavy atom. The number of carbonyl (C=O) groups excluding carboxylic acids is 1. The minimum absolute atomic E-state index is 0.0382. The number of piperazine rings is 1. The standard InChI is InChI=1S/C18H17BrF3N3O3S/c1-12-11-24(6-7-25(12)17(26)13-8-15(19)10-23-9-13)29(27,28)16-4-2-14(3-5-16)18(20,21)22/h2-5,8-10,12H,6-7,11H2,1H3/t12-/m0/s1. The number of nitrogens with zero attached hydrogens (tertiary/aromatic N) is 3. The normalized spacial score (nSPS) is 18.7. The van der Waals surface area contributed by atoms with Crippen molar-refractivity contribution in [1.29, 1.82) is 0 Å². The maximum atomic E-state index is 12.8. The highest BCUT2D eigenvalue weighted by Gasteiger charge is 2.35.